The van der Waals surface area contributed by atoms with Gasteiger partial charge >= 0.3 is 0 Å². The minimum absolute atomic E-state index is 0.00733. The Labute approximate surface area is 134 Å². The third-order valence-electron chi connectivity index (χ3n) is 4.07. The zero-order chi connectivity index (χ0) is 16.0. The van der Waals surface area contributed by atoms with E-state index in [0.29, 0.717) is 11.4 Å². The lowest BCUT2D eigenvalue weighted by molar-refractivity contribution is -0.0908. The zero-order valence-corrected chi connectivity index (χ0v) is 14.3. The molecule has 8 heteroatoms. The van der Waals surface area contributed by atoms with Crippen molar-refractivity contribution in [3.8, 4) is 0 Å². The highest BCUT2D eigenvalue weighted by atomic mass is 35.5. The fourth-order valence-electron chi connectivity index (χ4n) is 2.60. The molecule has 0 aromatic heterocycles. The number of benzene rings is 1. The van der Waals surface area contributed by atoms with Crippen molar-refractivity contribution >= 4 is 38.9 Å². The van der Waals surface area contributed by atoms with Crippen LogP contribution in [0.3, 0.4) is 0 Å². The maximum absolute atomic E-state index is 12.5. The normalized spacial score (nSPS) is 24.6. The monoisotopic (exact) mass is 352 g/mol. The summed E-state index contributed by atoms with van der Waals surface area (Å²) in [6.07, 6.45) is 0.622. The van der Waals surface area contributed by atoms with Crippen LogP contribution in [0.4, 0.5) is 5.69 Å². The van der Waals surface area contributed by atoms with E-state index in [2.05, 4.69) is 4.72 Å². The molecule has 0 radical (unpaired) electrons. The predicted octanol–water partition coefficient (Wildman–Crippen LogP) is 2.67. The van der Waals surface area contributed by atoms with Gasteiger partial charge in [-0.15, -0.1) is 0 Å². The van der Waals surface area contributed by atoms with Crippen LogP contribution >= 0.6 is 23.2 Å². The van der Waals surface area contributed by atoms with Crippen LogP contribution in [-0.2, 0) is 14.8 Å². The summed E-state index contributed by atoms with van der Waals surface area (Å²) in [5, 5.41) is 0.299. The largest absolute Gasteiger partial charge is 0.398 e. The Hall–Kier alpha value is -0.530. The molecule has 1 aromatic carbocycles. The molecule has 2 rings (SSSR count). The molecule has 1 aliphatic rings. The molecule has 0 amide bonds. The number of rotatable bonds is 4. The Balaban J connectivity index is 2.29. The van der Waals surface area contributed by atoms with Crippen molar-refractivity contribution in [2.45, 2.75) is 37.3 Å². The molecule has 1 aromatic rings. The number of nitrogens with two attached hydrogens (primary N) is 1. The Morgan fingerprint density at radius 2 is 2.00 bits per heavy atom. The van der Waals surface area contributed by atoms with Gasteiger partial charge < -0.3 is 10.5 Å². The molecule has 1 fully saturated rings. The fourth-order valence-corrected chi connectivity index (χ4v) is 4.99. The molecular formula is C13H18Cl2N2O3S. The van der Waals surface area contributed by atoms with Gasteiger partial charge in [0.15, 0.2) is 0 Å². The fraction of sp³-hybridized carbons (Fsp3) is 0.538. The number of nitrogens with one attached hydrogen (secondary N) is 1. The van der Waals surface area contributed by atoms with Crippen LogP contribution < -0.4 is 10.5 Å². The number of methoxy groups -OCH3 is 1. The molecule has 3 N–H and O–H groups in total. The Morgan fingerprint density at radius 3 is 2.48 bits per heavy atom. The maximum Gasteiger partial charge on any atom is 0.244 e. The van der Waals surface area contributed by atoms with Crippen LogP contribution in [-0.4, -0.2) is 27.7 Å². The number of nitrogen functional groups attached to an aromatic ring is 1. The smallest absolute Gasteiger partial charge is 0.244 e. The Kier molecular flexibility index (Phi) is 4.48. The molecule has 1 aliphatic carbocycles. The van der Waals surface area contributed by atoms with Crippen molar-refractivity contribution in [1.29, 1.82) is 0 Å². The lowest BCUT2D eigenvalue weighted by Crippen LogP contribution is -2.61. The molecule has 2 unspecified atom stereocenters. The van der Waals surface area contributed by atoms with Crippen molar-refractivity contribution in [3.63, 3.8) is 0 Å². The van der Waals surface area contributed by atoms with Crippen LogP contribution in [0.5, 0.6) is 0 Å². The molecule has 118 valence electrons. The van der Waals surface area contributed by atoms with Gasteiger partial charge in [0, 0.05) is 23.6 Å². The van der Waals surface area contributed by atoms with Gasteiger partial charge in [-0.3, -0.25) is 0 Å². The van der Waals surface area contributed by atoms with E-state index in [-0.39, 0.29) is 33.2 Å². The topological polar surface area (TPSA) is 81.4 Å². The second kappa shape index (κ2) is 5.59. The van der Waals surface area contributed by atoms with Gasteiger partial charge in [-0.1, -0.05) is 37.0 Å². The quantitative estimate of drug-likeness (QED) is 0.816. The molecule has 0 saturated heterocycles. The van der Waals surface area contributed by atoms with Crippen molar-refractivity contribution in [3.05, 3.63) is 22.2 Å². The first kappa shape index (κ1) is 16.8. The molecule has 1 saturated carbocycles. The highest BCUT2D eigenvalue weighted by molar-refractivity contribution is 7.89. The van der Waals surface area contributed by atoms with E-state index in [1.165, 1.54) is 12.1 Å². The summed E-state index contributed by atoms with van der Waals surface area (Å²) in [5.74, 6) is 0. The van der Waals surface area contributed by atoms with Crippen LogP contribution in [0.25, 0.3) is 0 Å². The summed E-state index contributed by atoms with van der Waals surface area (Å²) < 4.78 is 33.0. The molecular weight excluding hydrogens is 335 g/mol. The summed E-state index contributed by atoms with van der Waals surface area (Å²) in [6.45, 7) is 3.90. The number of halogens is 2. The Bertz CT molecular complexity index is 638. The van der Waals surface area contributed by atoms with Crippen LogP contribution in [0.1, 0.15) is 20.3 Å². The summed E-state index contributed by atoms with van der Waals surface area (Å²) in [5.41, 5.74) is 5.48. The van der Waals surface area contributed by atoms with Gasteiger partial charge in [0.2, 0.25) is 10.0 Å². The Morgan fingerprint density at radius 1 is 1.38 bits per heavy atom. The second-order valence-electron chi connectivity index (χ2n) is 5.76. The average molecular weight is 353 g/mol. The standard InChI is InChI=1S/C13H18Cl2N2O3S/c1-13(2)10(6-11(13)20-3)17-21(18,19)12-8(15)4-7(14)5-9(12)16/h4-5,10-11,17H,6,16H2,1-3H3. The third-order valence-corrected chi connectivity index (χ3v) is 6.28. The zero-order valence-electron chi connectivity index (χ0n) is 12.0. The first-order chi connectivity index (χ1) is 9.59. The second-order valence-corrected chi connectivity index (χ2v) is 8.26. The number of anilines is 1. The van der Waals surface area contributed by atoms with Crippen molar-refractivity contribution in [2.75, 3.05) is 12.8 Å². The van der Waals surface area contributed by atoms with Crippen molar-refractivity contribution < 1.29 is 13.2 Å². The van der Waals surface area contributed by atoms with E-state index in [4.69, 9.17) is 33.7 Å². The van der Waals surface area contributed by atoms with Gasteiger partial charge in [0.1, 0.15) is 4.90 Å². The maximum atomic E-state index is 12.5. The van der Waals surface area contributed by atoms with Crippen LogP contribution in [0.15, 0.2) is 17.0 Å². The van der Waals surface area contributed by atoms with Gasteiger partial charge in [-0.2, -0.15) is 0 Å². The predicted molar refractivity (Wildman–Crippen MR) is 84.2 cm³/mol. The van der Waals surface area contributed by atoms with E-state index in [9.17, 15) is 8.42 Å². The van der Waals surface area contributed by atoms with Crippen LogP contribution in [0, 0.1) is 5.41 Å². The SMILES string of the molecule is COC1CC(NS(=O)(=O)c2c(N)cc(Cl)cc2Cl)C1(C)C. The summed E-state index contributed by atoms with van der Waals surface area (Å²) in [7, 11) is -2.21. The molecule has 0 aliphatic heterocycles. The van der Waals surface area contributed by atoms with E-state index in [0.717, 1.165) is 0 Å². The number of hydrogen-bond acceptors (Lipinski definition) is 4. The number of sulfonamides is 1. The highest BCUT2D eigenvalue weighted by Gasteiger charge is 2.50. The molecule has 5 nitrogen and oxygen atoms in total. The molecule has 0 heterocycles. The lowest BCUT2D eigenvalue weighted by atomic mass is 9.65. The van der Waals surface area contributed by atoms with Gasteiger partial charge in [0.25, 0.3) is 0 Å². The molecule has 21 heavy (non-hydrogen) atoms. The minimum atomic E-state index is -3.82. The van der Waals surface area contributed by atoms with Gasteiger partial charge in [-0.05, 0) is 18.6 Å². The van der Waals surface area contributed by atoms with Gasteiger partial charge in [-0.25, -0.2) is 13.1 Å². The van der Waals surface area contributed by atoms with Crippen molar-refractivity contribution in [1.82, 2.24) is 4.72 Å². The summed E-state index contributed by atoms with van der Waals surface area (Å²) >= 11 is 11.8. The number of ether oxygens (including phenoxy) is 1. The molecule has 0 bridgehead atoms. The van der Waals surface area contributed by atoms with E-state index >= 15 is 0 Å². The molecule has 0 spiro atoms. The van der Waals surface area contributed by atoms with E-state index in [1.54, 1.807) is 7.11 Å². The minimum Gasteiger partial charge on any atom is -0.398 e. The van der Waals surface area contributed by atoms with Crippen LogP contribution in [0.2, 0.25) is 10.0 Å². The van der Waals surface area contributed by atoms with E-state index in [1.807, 2.05) is 13.8 Å². The summed E-state index contributed by atoms with van der Waals surface area (Å²) in [6, 6.07) is 2.49. The average Bonchev–Trinajstić information content (AvgIpc) is 2.32. The first-order valence-electron chi connectivity index (χ1n) is 6.39. The van der Waals surface area contributed by atoms with Gasteiger partial charge in [0.05, 0.1) is 16.8 Å². The highest BCUT2D eigenvalue weighted by Crippen LogP contribution is 2.43. The summed E-state index contributed by atoms with van der Waals surface area (Å²) in [4.78, 5) is -0.134. The van der Waals surface area contributed by atoms with Crippen molar-refractivity contribution in [2.24, 2.45) is 5.41 Å². The lowest BCUT2D eigenvalue weighted by Gasteiger charge is -2.51. The first-order valence-corrected chi connectivity index (χ1v) is 8.63. The number of hydrogen-bond donors (Lipinski definition) is 2. The van der Waals surface area contributed by atoms with E-state index < -0.39 is 10.0 Å². The molecule has 2 atom stereocenters. The third kappa shape index (κ3) is 3.00.